The average Bonchev–Trinajstić information content (AvgIpc) is 3.51. The highest BCUT2D eigenvalue weighted by Crippen LogP contribution is 2.67. The highest BCUT2D eigenvalue weighted by molar-refractivity contribution is 5.80. The van der Waals surface area contributed by atoms with Crippen molar-refractivity contribution in [1.82, 2.24) is 13.7 Å². The Balaban J connectivity index is 1.32. The van der Waals surface area contributed by atoms with E-state index in [9.17, 15) is 0 Å². The lowest BCUT2D eigenvalue weighted by Gasteiger charge is -2.34. The molecule has 4 unspecified atom stereocenters. The normalized spacial score (nSPS) is 26.3. The second kappa shape index (κ2) is 8.84. The number of aromatic nitrogens is 5. The molecule has 5 heterocycles. The molecule has 3 aliphatic rings. The van der Waals surface area contributed by atoms with Crippen molar-refractivity contribution in [3.63, 3.8) is 0 Å². The van der Waals surface area contributed by atoms with E-state index in [0.29, 0.717) is 5.92 Å². The van der Waals surface area contributed by atoms with E-state index < -0.39 is 0 Å². The highest BCUT2D eigenvalue weighted by Gasteiger charge is 2.78. The molecule has 5 aromatic rings. The van der Waals surface area contributed by atoms with Crippen LogP contribution in [-0.2, 0) is 30.1 Å². The van der Waals surface area contributed by atoms with Gasteiger partial charge in [-0.15, -0.1) is 0 Å². The predicted octanol–water partition coefficient (Wildman–Crippen LogP) is 7.45. The predicted molar refractivity (Wildman–Crippen MR) is 172 cm³/mol. The van der Waals surface area contributed by atoms with Crippen molar-refractivity contribution < 1.29 is 9.13 Å². The Bertz CT molecular complexity index is 1900. The van der Waals surface area contributed by atoms with Gasteiger partial charge in [0.2, 0.25) is 6.33 Å². The number of fused-ring (bicyclic) bond motifs is 9. The van der Waals surface area contributed by atoms with Gasteiger partial charge in [0.15, 0.2) is 11.4 Å². The van der Waals surface area contributed by atoms with E-state index in [2.05, 4.69) is 151 Å². The summed E-state index contributed by atoms with van der Waals surface area (Å²) in [5.41, 5.74) is 10.9. The second-order valence-corrected chi connectivity index (χ2v) is 14.1. The Labute approximate surface area is 256 Å². The standard InChI is InChI=1S/C38H45N5/c1-8-10-19-36(4)24-41-26(3)39(7)22-32(41)30-17-16-28(21-31(30)36)40-23-33-35-29(27-14-12-11-13-15-27)18-20-42(35)37(5)34(9-2)38(37,6)43(33)25-40/h11-18,20-23,25,34H,8-10,19,24H2,1-7H3/q+2. The molecule has 0 radical (unpaired) electrons. The lowest BCUT2D eigenvalue weighted by atomic mass is 9.73. The largest absolute Gasteiger partial charge is 0.333 e. The Morgan fingerprint density at radius 2 is 1.77 bits per heavy atom. The van der Waals surface area contributed by atoms with Crippen LogP contribution in [0.25, 0.3) is 39.5 Å². The number of hydrogen-bond donors (Lipinski definition) is 0. The monoisotopic (exact) mass is 571 g/mol. The summed E-state index contributed by atoms with van der Waals surface area (Å²) in [5, 5.41) is 0. The number of hydrogen-bond acceptors (Lipinski definition) is 0. The molecule has 0 N–H and O–H groups in total. The van der Waals surface area contributed by atoms with Crippen molar-refractivity contribution in [3.8, 4) is 39.5 Å². The maximum Gasteiger partial charge on any atom is 0.253 e. The Hall–Kier alpha value is -3.86. The fourth-order valence-electron chi connectivity index (χ4n) is 9.27. The summed E-state index contributed by atoms with van der Waals surface area (Å²) >= 11 is 0. The van der Waals surface area contributed by atoms with Gasteiger partial charge in [-0.05, 0) is 62.1 Å². The Morgan fingerprint density at radius 3 is 2.51 bits per heavy atom. The molecule has 5 heteroatoms. The van der Waals surface area contributed by atoms with Gasteiger partial charge in [0.05, 0.1) is 12.6 Å². The number of aryl methyl sites for hydroxylation is 1. The van der Waals surface area contributed by atoms with Crippen molar-refractivity contribution in [2.75, 3.05) is 0 Å². The quantitative estimate of drug-likeness (QED) is 0.189. The summed E-state index contributed by atoms with van der Waals surface area (Å²) < 4.78 is 12.5. The minimum absolute atomic E-state index is 0.0409. The lowest BCUT2D eigenvalue weighted by molar-refractivity contribution is -0.736. The van der Waals surface area contributed by atoms with E-state index in [1.165, 1.54) is 70.1 Å². The van der Waals surface area contributed by atoms with Crippen molar-refractivity contribution in [1.29, 1.82) is 0 Å². The molecular formula is C38H45N5+2. The van der Waals surface area contributed by atoms with Gasteiger partial charge < -0.3 is 4.57 Å². The fourth-order valence-corrected chi connectivity index (χ4v) is 9.27. The molecule has 0 bridgehead atoms. The van der Waals surface area contributed by atoms with Crippen LogP contribution in [0.5, 0.6) is 0 Å². The zero-order valence-corrected chi connectivity index (χ0v) is 26.9. The smallest absolute Gasteiger partial charge is 0.253 e. The topological polar surface area (TPSA) is 22.5 Å². The molecular weight excluding hydrogens is 526 g/mol. The average molecular weight is 572 g/mol. The molecule has 0 amide bonds. The van der Waals surface area contributed by atoms with E-state index in [-0.39, 0.29) is 16.5 Å². The zero-order chi connectivity index (χ0) is 29.9. The van der Waals surface area contributed by atoms with Crippen LogP contribution in [0.15, 0.2) is 79.5 Å². The number of benzene rings is 2. The summed E-state index contributed by atoms with van der Waals surface area (Å²) in [5.74, 6) is 1.90. The molecule has 1 fully saturated rings. The SMILES string of the molecule is CCCCC1(C)Cn2c(c[n+](C)c2C)-c2ccc(-n3cc4[n+](c3)C3(C)C(CC)C3(C)n3ccc(-c5ccccc5)c3-4)cc21. The van der Waals surface area contributed by atoms with E-state index >= 15 is 0 Å². The fraction of sp³-hybridized carbons (Fsp3) is 0.421. The number of rotatable bonds is 6. The van der Waals surface area contributed by atoms with Crippen molar-refractivity contribution in [3.05, 3.63) is 90.9 Å². The van der Waals surface area contributed by atoms with Gasteiger partial charge >= 0.3 is 0 Å². The highest BCUT2D eigenvalue weighted by atomic mass is 15.4. The van der Waals surface area contributed by atoms with Gasteiger partial charge in [-0.1, -0.05) is 63.9 Å². The molecule has 0 spiro atoms. The van der Waals surface area contributed by atoms with E-state index in [0.717, 1.165) is 13.0 Å². The van der Waals surface area contributed by atoms with Crippen LogP contribution < -0.4 is 9.13 Å². The molecule has 2 aliphatic heterocycles. The first-order chi connectivity index (χ1) is 20.7. The third-order valence-electron chi connectivity index (χ3n) is 12.0. The lowest BCUT2D eigenvalue weighted by Crippen LogP contribution is -2.53. The molecule has 4 atom stereocenters. The first kappa shape index (κ1) is 26.7. The Morgan fingerprint density at radius 1 is 0.977 bits per heavy atom. The maximum atomic E-state index is 2.62. The van der Waals surface area contributed by atoms with Crippen LogP contribution in [0.4, 0.5) is 0 Å². The van der Waals surface area contributed by atoms with Gasteiger partial charge in [0.25, 0.3) is 5.82 Å². The molecule has 1 saturated carbocycles. The number of imidazole rings is 2. The minimum Gasteiger partial charge on any atom is -0.333 e. The summed E-state index contributed by atoms with van der Waals surface area (Å²) in [6, 6.07) is 20.5. The molecule has 1 aliphatic carbocycles. The van der Waals surface area contributed by atoms with Crippen LogP contribution in [0.2, 0.25) is 0 Å². The molecule has 220 valence electrons. The van der Waals surface area contributed by atoms with E-state index in [4.69, 9.17) is 0 Å². The first-order valence-electron chi connectivity index (χ1n) is 16.3. The van der Waals surface area contributed by atoms with Gasteiger partial charge in [0, 0.05) is 35.6 Å². The summed E-state index contributed by atoms with van der Waals surface area (Å²) in [6.45, 7) is 15.4. The molecule has 5 nitrogen and oxygen atoms in total. The van der Waals surface area contributed by atoms with Crippen molar-refractivity contribution in [2.24, 2.45) is 13.0 Å². The van der Waals surface area contributed by atoms with Gasteiger partial charge in [0.1, 0.15) is 35.9 Å². The minimum atomic E-state index is 0.0409. The van der Waals surface area contributed by atoms with Crippen LogP contribution in [0, 0.1) is 12.8 Å². The summed E-state index contributed by atoms with van der Waals surface area (Å²) in [4.78, 5) is 0. The van der Waals surface area contributed by atoms with Crippen LogP contribution in [0.1, 0.15) is 71.7 Å². The Kier molecular flexibility index (Phi) is 5.50. The van der Waals surface area contributed by atoms with Gasteiger partial charge in [-0.3, -0.25) is 0 Å². The second-order valence-electron chi connectivity index (χ2n) is 14.1. The number of unbranched alkanes of at least 4 members (excludes halogenated alkanes) is 1. The van der Waals surface area contributed by atoms with Crippen LogP contribution in [-0.4, -0.2) is 13.7 Å². The summed E-state index contributed by atoms with van der Waals surface area (Å²) in [7, 11) is 2.18. The summed E-state index contributed by atoms with van der Waals surface area (Å²) in [6.07, 6.45) is 14.3. The third kappa shape index (κ3) is 3.29. The van der Waals surface area contributed by atoms with Gasteiger partial charge in [-0.25, -0.2) is 18.3 Å². The molecule has 8 rings (SSSR count). The van der Waals surface area contributed by atoms with Crippen LogP contribution >= 0.6 is 0 Å². The van der Waals surface area contributed by atoms with Crippen molar-refractivity contribution >= 4 is 0 Å². The molecule has 43 heavy (non-hydrogen) atoms. The van der Waals surface area contributed by atoms with Crippen LogP contribution in [0.3, 0.4) is 0 Å². The first-order valence-corrected chi connectivity index (χ1v) is 16.3. The van der Waals surface area contributed by atoms with E-state index in [1.807, 2.05) is 0 Å². The van der Waals surface area contributed by atoms with Gasteiger partial charge in [-0.2, -0.15) is 0 Å². The zero-order valence-electron chi connectivity index (χ0n) is 26.9. The van der Waals surface area contributed by atoms with Crippen molar-refractivity contribution in [2.45, 2.75) is 90.3 Å². The number of nitrogens with zero attached hydrogens (tertiary/aromatic N) is 5. The maximum absolute atomic E-state index is 2.62. The molecule has 2 aromatic carbocycles. The van der Waals surface area contributed by atoms with E-state index in [1.54, 1.807) is 0 Å². The molecule has 3 aromatic heterocycles. The molecule has 0 saturated heterocycles. The third-order valence-corrected chi connectivity index (χ3v) is 12.0.